The number of aryl methyl sites for hydroxylation is 10. The van der Waals surface area contributed by atoms with Gasteiger partial charge in [0.05, 0.1) is 34.7 Å². The first-order valence-corrected chi connectivity index (χ1v) is 24.1. The maximum absolute atomic E-state index is 7.02. The number of rotatable bonds is 12. The third kappa shape index (κ3) is 7.84. The highest BCUT2D eigenvalue weighted by Crippen LogP contribution is 2.43. The minimum absolute atomic E-state index is 0.0716. The molecule has 0 saturated carbocycles. The SMILES string of the molecule is CCC1CCc2c(C)nc3c(-c4c(C)cc(C)cc4C)c(C)nn3c2N1C(C)CC(C)OC(C)CC(C)N1c2c(c(C)nc3c(-c4c(C)cc(C)cc4C)c(C)nn23)CCC1CC. The number of hydrogen-bond donors (Lipinski definition) is 0. The van der Waals surface area contributed by atoms with Crippen molar-refractivity contribution in [3.8, 4) is 22.3 Å². The van der Waals surface area contributed by atoms with E-state index in [1.165, 1.54) is 67.3 Å². The molecular weight excluding hydrogens is 777 g/mol. The highest BCUT2D eigenvalue weighted by Gasteiger charge is 2.37. The van der Waals surface area contributed by atoms with E-state index in [0.717, 1.165) is 96.6 Å². The Hall–Kier alpha value is -4.76. The van der Waals surface area contributed by atoms with E-state index in [4.69, 9.17) is 24.9 Å². The van der Waals surface area contributed by atoms with Gasteiger partial charge in [-0.15, -0.1) is 0 Å². The fourth-order valence-electron chi connectivity index (χ4n) is 12.3. The predicted molar refractivity (Wildman–Crippen MR) is 262 cm³/mol. The summed E-state index contributed by atoms with van der Waals surface area (Å²) in [5, 5.41) is 10.6. The summed E-state index contributed by atoms with van der Waals surface area (Å²) in [6, 6.07) is 10.5. The second-order valence-corrected chi connectivity index (χ2v) is 19.9. The van der Waals surface area contributed by atoms with Crippen LogP contribution in [0.1, 0.15) is 147 Å². The average Bonchev–Trinajstić information content (AvgIpc) is 3.70. The molecule has 6 aromatic rings. The van der Waals surface area contributed by atoms with Crippen molar-refractivity contribution >= 4 is 22.9 Å². The number of anilines is 2. The minimum atomic E-state index is 0.0716. The van der Waals surface area contributed by atoms with E-state index >= 15 is 0 Å². The molecular formula is C54H74N8O. The number of nitrogens with zero attached hydrogens (tertiary/aromatic N) is 8. The van der Waals surface area contributed by atoms with E-state index < -0.39 is 0 Å². The van der Waals surface area contributed by atoms with Crippen molar-refractivity contribution in [2.75, 3.05) is 9.80 Å². The molecule has 2 aliphatic rings. The van der Waals surface area contributed by atoms with Crippen LogP contribution in [-0.2, 0) is 17.6 Å². The Kier molecular flexibility index (Phi) is 12.3. The van der Waals surface area contributed by atoms with E-state index in [1.54, 1.807) is 0 Å². The Balaban J connectivity index is 1.06. The van der Waals surface area contributed by atoms with Gasteiger partial charge in [-0.1, -0.05) is 49.2 Å². The summed E-state index contributed by atoms with van der Waals surface area (Å²) in [5.74, 6) is 2.45. The second kappa shape index (κ2) is 17.3. The van der Waals surface area contributed by atoms with Crippen LogP contribution in [0.15, 0.2) is 24.3 Å². The first-order chi connectivity index (χ1) is 29.9. The van der Waals surface area contributed by atoms with Crippen molar-refractivity contribution < 1.29 is 4.74 Å². The van der Waals surface area contributed by atoms with Crippen LogP contribution in [0.4, 0.5) is 11.6 Å². The molecule has 9 nitrogen and oxygen atoms in total. The Morgan fingerprint density at radius 2 is 0.873 bits per heavy atom. The van der Waals surface area contributed by atoms with Gasteiger partial charge in [-0.3, -0.25) is 0 Å². The summed E-state index contributed by atoms with van der Waals surface area (Å²) < 4.78 is 11.4. The first kappa shape index (κ1) is 44.8. The summed E-state index contributed by atoms with van der Waals surface area (Å²) >= 11 is 0. The van der Waals surface area contributed by atoms with Crippen molar-refractivity contribution in [3.05, 3.63) is 91.5 Å². The van der Waals surface area contributed by atoms with Crippen LogP contribution < -0.4 is 9.80 Å². The molecule has 0 bridgehead atoms. The van der Waals surface area contributed by atoms with Gasteiger partial charge in [0.2, 0.25) is 0 Å². The molecule has 0 N–H and O–H groups in total. The van der Waals surface area contributed by atoms with E-state index in [1.807, 2.05) is 0 Å². The Bertz CT molecular complexity index is 2470. The molecule has 6 unspecified atom stereocenters. The van der Waals surface area contributed by atoms with E-state index in [2.05, 4.69) is 154 Å². The van der Waals surface area contributed by atoms with Gasteiger partial charge in [-0.2, -0.15) is 19.2 Å². The van der Waals surface area contributed by atoms with Crippen molar-refractivity contribution in [1.82, 2.24) is 29.2 Å². The monoisotopic (exact) mass is 851 g/mol. The normalized spacial score (nSPS) is 18.5. The zero-order valence-corrected chi connectivity index (χ0v) is 41.4. The van der Waals surface area contributed by atoms with Crippen molar-refractivity contribution in [3.63, 3.8) is 0 Å². The fraction of sp³-hybridized carbons (Fsp3) is 0.556. The smallest absolute Gasteiger partial charge is 0.165 e. The van der Waals surface area contributed by atoms with Gasteiger partial charge < -0.3 is 14.5 Å². The maximum Gasteiger partial charge on any atom is 0.165 e. The van der Waals surface area contributed by atoms with Crippen LogP contribution in [0.25, 0.3) is 33.5 Å². The zero-order valence-electron chi connectivity index (χ0n) is 41.4. The Morgan fingerprint density at radius 3 is 1.21 bits per heavy atom. The lowest BCUT2D eigenvalue weighted by atomic mass is 9.92. The molecule has 6 atom stereocenters. The van der Waals surface area contributed by atoms with Gasteiger partial charge in [0.1, 0.15) is 11.6 Å². The number of aromatic nitrogens is 6. The van der Waals surface area contributed by atoms with Gasteiger partial charge in [0.15, 0.2) is 11.3 Å². The molecule has 2 aliphatic heterocycles. The van der Waals surface area contributed by atoms with Crippen LogP contribution in [0.3, 0.4) is 0 Å². The highest BCUT2D eigenvalue weighted by molar-refractivity contribution is 5.87. The summed E-state index contributed by atoms with van der Waals surface area (Å²) in [5.41, 5.74) is 21.4. The average molecular weight is 851 g/mol. The number of hydrogen-bond acceptors (Lipinski definition) is 7. The van der Waals surface area contributed by atoms with Crippen LogP contribution >= 0.6 is 0 Å². The molecule has 6 heterocycles. The molecule has 0 radical (unpaired) electrons. The van der Waals surface area contributed by atoms with Crippen LogP contribution in [0, 0.1) is 69.2 Å². The summed E-state index contributed by atoms with van der Waals surface area (Å²) in [6.07, 6.45) is 8.43. The quantitative estimate of drug-likeness (QED) is 0.121. The largest absolute Gasteiger partial charge is 0.375 e. The van der Waals surface area contributed by atoms with E-state index in [0.29, 0.717) is 12.1 Å². The summed E-state index contributed by atoms with van der Waals surface area (Å²) in [6.45, 7) is 36.0. The number of ether oxygens (including phenoxy) is 1. The lowest BCUT2D eigenvalue weighted by Gasteiger charge is -2.44. The Labute approximate surface area is 377 Å². The van der Waals surface area contributed by atoms with Gasteiger partial charge >= 0.3 is 0 Å². The second-order valence-electron chi connectivity index (χ2n) is 19.9. The molecule has 0 saturated heterocycles. The first-order valence-electron chi connectivity index (χ1n) is 24.1. The summed E-state index contributed by atoms with van der Waals surface area (Å²) in [4.78, 5) is 16.0. The third-order valence-corrected chi connectivity index (χ3v) is 14.7. The Morgan fingerprint density at radius 1 is 0.524 bits per heavy atom. The molecule has 8 rings (SSSR count). The van der Waals surface area contributed by atoms with Gasteiger partial charge in [-0.05, 0) is 182 Å². The predicted octanol–water partition coefficient (Wildman–Crippen LogP) is 12.3. The molecule has 9 heteroatoms. The minimum Gasteiger partial charge on any atom is -0.375 e. The topological polar surface area (TPSA) is 76.1 Å². The summed E-state index contributed by atoms with van der Waals surface area (Å²) in [7, 11) is 0. The van der Waals surface area contributed by atoms with Crippen LogP contribution in [0.2, 0.25) is 0 Å². The molecule has 336 valence electrons. The lowest BCUT2D eigenvalue weighted by Crippen LogP contribution is -2.48. The lowest BCUT2D eigenvalue weighted by molar-refractivity contribution is -0.00623. The van der Waals surface area contributed by atoms with Crippen molar-refractivity contribution in [1.29, 1.82) is 0 Å². The maximum atomic E-state index is 7.02. The van der Waals surface area contributed by atoms with Crippen molar-refractivity contribution in [2.24, 2.45) is 0 Å². The third-order valence-electron chi connectivity index (χ3n) is 14.7. The van der Waals surface area contributed by atoms with Crippen molar-refractivity contribution in [2.45, 2.75) is 199 Å². The molecule has 0 aliphatic carbocycles. The standard InChI is InChI=1S/C54H74N8O/c1-17-43-19-21-45-39(13)55-51-49(47-31(5)23-29(3)24-32(47)6)41(15)57-61(51)53(45)59(43)35(9)27-37(11)63-38(12)28-36(10)60-44(18-2)20-22-46-40(14)56-52-50(42(16)58-62(52)54(46)60)48-33(7)25-30(4)26-34(48)8/h23-26,35-38,43-44H,17-22,27-28H2,1-16H3. The highest BCUT2D eigenvalue weighted by atomic mass is 16.5. The van der Waals surface area contributed by atoms with Gasteiger partial charge in [-0.25, -0.2) is 9.97 Å². The molecule has 0 amide bonds. The van der Waals surface area contributed by atoms with Gasteiger partial charge in [0.25, 0.3) is 0 Å². The number of benzene rings is 2. The fourth-order valence-corrected chi connectivity index (χ4v) is 12.3. The molecule has 0 spiro atoms. The van der Waals surface area contributed by atoms with Crippen LogP contribution in [-0.4, -0.2) is 65.6 Å². The van der Waals surface area contributed by atoms with Gasteiger partial charge in [0, 0.05) is 46.7 Å². The van der Waals surface area contributed by atoms with E-state index in [-0.39, 0.29) is 24.3 Å². The molecule has 63 heavy (non-hydrogen) atoms. The van der Waals surface area contributed by atoms with E-state index in [9.17, 15) is 0 Å². The zero-order chi connectivity index (χ0) is 45.3. The molecule has 4 aromatic heterocycles. The molecule has 0 fully saturated rings. The molecule has 2 aromatic carbocycles. The number of fused-ring (bicyclic) bond motifs is 6. The van der Waals surface area contributed by atoms with Crippen LogP contribution in [0.5, 0.6) is 0 Å².